The van der Waals surface area contributed by atoms with Crippen LogP contribution in [-0.2, 0) is 15.0 Å². The first-order valence-electron chi connectivity index (χ1n) is 8.44. The van der Waals surface area contributed by atoms with Crippen LogP contribution in [0.5, 0.6) is 0 Å². The molecule has 23 heavy (non-hydrogen) atoms. The third kappa shape index (κ3) is 3.92. The molecule has 4 nitrogen and oxygen atoms in total. The fourth-order valence-electron chi connectivity index (χ4n) is 3.03. The van der Waals surface area contributed by atoms with Crippen LogP contribution in [0, 0.1) is 5.92 Å². The molecule has 0 spiro atoms. The van der Waals surface area contributed by atoms with Gasteiger partial charge in [0, 0.05) is 24.7 Å². The highest BCUT2D eigenvalue weighted by Gasteiger charge is 2.36. The van der Waals surface area contributed by atoms with E-state index in [9.17, 15) is 9.59 Å². The van der Waals surface area contributed by atoms with Gasteiger partial charge in [-0.1, -0.05) is 45.9 Å². The lowest BCUT2D eigenvalue weighted by atomic mass is 9.85. The standard InChI is InChI=1S/C19H28N2O2/c1-6-13(2)21-12-14(11-17(21)22)18(23)20-16-10-8-7-9-15(16)19(3,4)5/h7-10,13-14H,6,11-12H2,1-5H3,(H,20,23). The molecule has 1 N–H and O–H groups in total. The third-order valence-electron chi connectivity index (χ3n) is 4.65. The molecule has 2 amide bonds. The Morgan fingerprint density at radius 2 is 2.00 bits per heavy atom. The molecule has 1 aromatic carbocycles. The molecule has 0 aromatic heterocycles. The molecular weight excluding hydrogens is 288 g/mol. The summed E-state index contributed by atoms with van der Waals surface area (Å²) in [5.74, 6) is -0.228. The van der Waals surface area contributed by atoms with Crippen LogP contribution in [0.25, 0.3) is 0 Å². The van der Waals surface area contributed by atoms with Crippen LogP contribution in [0.1, 0.15) is 53.0 Å². The molecule has 1 fully saturated rings. The van der Waals surface area contributed by atoms with E-state index >= 15 is 0 Å². The highest BCUT2D eigenvalue weighted by Crippen LogP contribution is 2.30. The van der Waals surface area contributed by atoms with E-state index in [0.717, 1.165) is 17.7 Å². The summed E-state index contributed by atoms with van der Waals surface area (Å²) >= 11 is 0. The average molecular weight is 316 g/mol. The summed E-state index contributed by atoms with van der Waals surface area (Å²) in [6, 6.07) is 8.08. The van der Waals surface area contributed by atoms with E-state index in [1.165, 1.54) is 0 Å². The van der Waals surface area contributed by atoms with Gasteiger partial charge in [-0.15, -0.1) is 0 Å². The molecule has 0 radical (unpaired) electrons. The molecule has 2 unspecified atom stereocenters. The molecule has 0 aliphatic carbocycles. The Bertz CT molecular complexity index is 589. The minimum atomic E-state index is -0.260. The Balaban J connectivity index is 2.11. The van der Waals surface area contributed by atoms with Gasteiger partial charge in [0.15, 0.2) is 0 Å². The van der Waals surface area contributed by atoms with E-state index in [2.05, 4.69) is 33.0 Å². The largest absolute Gasteiger partial charge is 0.339 e. The van der Waals surface area contributed by atoms with E-state index < -0.39 is 0 Å². The van der Waals surface area contributed by atoms with Gasteiger partial charge in [-0.05, 0) is 30.4 Å². The Kier molecular flexibility index (Phi) is 5.12. The summed E-state index contributed by atoms with van der Waals surface area (Å²) in [7, 11) is 0. The summed E-state index contributed by atoms with van der Waals surface area (Å²) in [6.07, 6.45) is 1.22. The van der Waals surface area contributed by atoms with Crippen LogP contribution in [0.3, 0.4) is 0 Å². The van der Waals surface area contributed by atoms with Crippen molar-refractivity contribution in [3.63, 3.8) is 0 Å². The van der Waals surface area contributed by atoms with Crippen molar-refractivity contribution >= 4 is 17.5 Å². The van der Waals surface area contributed by atoms with Crippen molar-refractivity contribution in [1.82, 2.24) is 4.90 Å². The first kappa shape index (κ1) is 17.5. The lowest BCUT2D eigenvalue weighted by molar-refractivity contribution is -0.129. The van der Waals surface area contributed by atoms with Crippen LogP contribution in [0.2, 0.25) is 0 Å². The second kappa shape index (κ2) is 6.73. The topological polar surface area (TPSA) is 49.4 Å². The Labute approximate surface area is 139 Å². The molecule has 4 heteroatoms. The van der Waals surface area contributed by atoms with Gasteiger partial charge in [-0.25, -0.2) is 0 Å². The number of nitrogens with zero attached hydrogens (tertiary/aromatic N) is 1. The van der Waals surface area contributed by atoms with Crippen LogP contribution < -0.4 is 5.32 Å². The Morgan fingerprint density at radius 3 is 2.61 bits per heavy atom. The summed E-state index contributed by atoms with van der Waals surface area (Å²) in [4.78, 5) is 26.6. The quantitative estimate of drug-likeness (QED) is 0.923. The van der Waals surface area contributed by atoms with Gasteiger partial charge in [-0.3, -0.25) is 9.59 Å². The number of hydrogen-bond donors (Lipinski definition) is 1. The molecule has 1 aliphatic heterocycles. The van der Waals surface area contributed by atoms with Crippen LogP contribution in [0.15, 0.2) is 24.3 Å². The van der Waals surface area contributed by atoms with Crippen molar-refractivity contribution in [2.24, 2.45) is 5.92 Å². The summed E-state index contributed by atoms with van der Waals surface area (Å²) < 4.78 is 0. The fraction of sp³-hybridized carbons (Fsp3) is 0.579. The van der Waals surface area contributed by atoms with Gasteiger partial charge >= 0.3 is 0 Å². The second-order valence-corrected chi connectivity index (χ2v) is 7.49. The Hall–Kier alpha value is -1.84. The third-order valence-corrected chi connectivity index (χ3v) is 4.65. The number of para-hydroxylation sites is 1. The maximum absolute atomic E-state index is 12.6. The highest BCUT2D eigenvalue weighted by molar-refractivity contribution is 5.97. The molecule has 2 atom stereocenters. The second-order valence-electron chi connectivity index (χ2n) is 7.49. The van der Waals surface area contributed by atoms with Gasteiger partial charge in [-0.2, -0.15) is 0 Å². The molecule has 0 saturated carbocycles. The van der Waals surface area contributed by atoms with Crippen molar-refractivity contribution in [2.75, 3.05) is 11.9 Å². The predicted molar refractivity (Wildman–Crippen MR) is 93.3 cm³/mol. The van der Waals surface area contributed by atoms with E-state index in [-0.39, 0.29) is 29.2 Å². The van der Waals surface area contributed by atoms with Crippen LogP contribution in [0.4, 0.5) is 5.69 Å². The smallest absolute Gasteiger partial charge is 0.229 e. The monoisotopic (exact) mass is 316 g/mol. The van der Waals surface area contributed by atoms with Gasteiger partial charge in [0.25, 0.3) is 0 Å². The molecule has 2 rings (SSSR count). The average Bonchev–Trinajstić information content (AvgIpc) is 2.88. The molecule has 1 aliphatic rings. The van der Waals surface area contributed by atoms with Crippen molar-refractivity contribution in [3.8, 4) is 0 Å². The lowest BCUT2D eigenvalue weighted by Gasteiger charge is -2.24. The first-order valence-corrected chi connectivity index (χ1v) is 8.44. The summed E-state index contributed by atoms with van der Waals surface area (Å²) in [6.45, 7) is 11.0. The van der Waals surface area contributed by atoms with Gasteiger partial charge in [0.05, 0.1) is 5.92 Å². The zero-order valence-corrected chi connectivity index (χ0v) is 14.8. The SMILES string of the molecule is CCC(C)N1CC(C(=O)Nc2ccccc2C(C)(C)C)CC1=O. The van der Waals surface area contributed by atoms with Gasteiger partial charge in [0.2, 0.25) is 11.8 Å². The zero-order chi connectivity index (χ0) is 17.2. The number of amides is 2. The van der Waals surface area contributed by atoms with Crippen molar-refractivity contribution in [1.29, 1.82) is 0 Å². The minimum Gasteiger partial charge on any atom is -0.339 e. The maximum Gasteiger partial charge on any atom is 0.229 e. The number of nitrogens with one attached hydrogen (secondary N) is 1. The Morgan fingerprint density at radius 1 is 1.35 bits per heavy atom. The van der Waals surface area contributed by atoms with Crippen molar-refractivity contribution < 1.29 is 9.59 Å². The summed E-state index contributed by atoms with van der Waals surface area (Å²) in [5.41, 5.74) is 1.91. The predicted octanol–water partition coefficient (Wildman–Crippen LogP) is 3.57. The minimum absolute atomic E-state index is 0.0435. The number of anilines is 1. The molecule has 0 bridgehead atoms. The number of benzene rings is 1. The van der Waals surface area contributed by atoms with Gasteiger partial charge in [0.1, 0.15) is 0 Å². The van der Waals surface area contributed by atoms with E-state index in [1.807, 2.05) is 36.1 Å². The van der Waals surface area contributed by atoms with Crippen molar-refractivity contribution in [2.45, 2.75) is 58.9 Å². The molecular formula is C19H28N2O2. The molecule has 1 aromatic rings. The summed E-state index contributed by atoms with van der Waals surface area (Å²) in [5, 5.41) is 3.04. The van der Waals surface area contributed by atoms with Gasteiger partial charge < -0.3 is 10.2 Å². The molecule has 1 saturated heterocycles. The number of carbonyl (C=O) groups excluding carboxylic acids is 2. The molecule has 1 heterocycles. The van der Waals surface area contributed by atoms with Crippen molar-refractivity contribution in [3.05, 3.63) is 29.8 Å². The maximum atomic E-state index is 12.6. The zero-order valence-electron chi connectivity index (χ0n) is 14.8. The van der Waals surface area contributed by atoms with E-state index in [1.54, 1.807) is 0 Å². The number of carbonyl (C=O) groups is 2. The number of hydrogen-bond acceptors (Lipinski definition) is 2. The lowest BCUT2D eigenvalue weighted by Crippen LogP contribution is -2.35. The number of likely N-dealkylation sites (tertiary alicyclic amines) is 1. The fourth-order valence-corrected chi connectivity index (χ4v) is 3.03. The first-order chi connectivity index (χ1) is 10.7. The number of rotatable bonds is 4. The van der Waals surface area contributed by atoms with Crippen LogP contribution >= 0.6 is 0 Å². The van der Waals surface area contributed by atoms with E-state index in [0.29, 0.717) is 13.0 Å². The normalized spacial score (nSPS) is 19.8. The molecule has 126 valence electrons. The highest BCUT2D eigenvalue weighted by atomic mass is 16.2. The van der Waals surface area contributed by atoms with E-state index in [4.69, 9.17) is 0 Å². The van der Waals surface area contributed by atoms with Crippen LogP contribution in [-0.4, -0.2) is 29.3 Å².